The Morgan fingerprint density at radius 1 is 1.29 bits per heavy atom. The Hall–Kier alpha value is 0.1000. The summed E-state index contributed by atoms with van der Waals surface area (Å²) in [6.07, 6.45) is 6.31. The first-order valence-electron chi connectivity index (χ1n) is 8.38. The third-order valence-corrected chi connectivity index (χ3v) is 7.09. The molecule has 120 valence electrons. The summed E-state index contributed by atoms with van der Waals surface area (Å²) in [7, 11) is 0. The predicted octanol–water partition coefficient (Wildman–Crippen LogP) is 4.69. The molecular formula is C17H29BrN2S. The summed E-state index contributed by atoms with van der Waals surface area (Å²) < 4.78 is 1.28. The number of hydrogen-bond donors (Lipinski definition) is 1. The predicted molar refractivity (Wildman–Crippen MR) is 97.3 cm³/mol. The Morgan fingerprint density at radius 2 is 1.95 bits per heavy atom. The zero-order valence-corrected chi connectivity index (χ0v) is 16.0. The van der Waals surface area contributed by atoms with Gasteiger partial charge in [-0.3, -0.25) is 4.90 Å². The summed E-state index contributed by atoms with van der Waals surface area (Å²) in [6.45, 7) is 10.6. The van der Waals surface area contributed by atoms with E-state index in [9.17, 15) is 0 Å². The Morgan fingerprint density at radius 3 is 2.43 bits per heavy atom. The van der Waals surface area contributed by atoms with Crippen LogP contribution < -0.4 is 5.32 Å². The van der Waals surface area contributed by atoms with Gasteiger partial charge in [0.15, 0.2) is 0 Å². The van der Waals surface area contributed by atoms with Gasteiger partial charge < -0.3 is 5.32 Å². The van der Waals surface area contributed by atoms with E-state index in [2.05, 4.69) is 58.4 Å². The minimum Gasteiger partial charge on any atom is -0.312 e. The number of likely N-dealkylation sites (N-methyl/N-ethyl adjacent to an activating group) is 1. The molecule has 2 heterocycles. The number of likely N-dealkylation sites (tertiary alicyclic amines) is 1. The van der Waals surface area contributed by atoms with Crippen LogP contribution in [0.1, 0.15) is 51.3 Å². The van der Waals surface area contributed by atoms with Crippen molar-refractivity contribution in [1.82, 2.24) is 10.2 Å². The van der Waals surface area contributed by atoms with Gasteiger partial charge in [0.25, 0.3) is 0 Å². The topological polar surface area (TPSA) is 15.3 Å². The van der Waals surface area contributed by atoms with Crippen molar-refractivity contribution in [3.63, 3.8) is 0 Å². The molecule has 2 rings (SSSR count). The van der Waals surface area contributed by atoms with Crippen molar-refractivity contribution in [3.05, 3.63) is 20.8 Å². The molecule has 0 amide bonds. The smallest absolute Gasteiger partial charge is 0.0360 e. The van der Waals surface area contributed by atoms with Crippen molar-refractivity contribution in [2.45, 2.75) is 64.5 Å². The Kier molecular flexibility index (Phi) is 6.73. The fourth-order valence-corrected chi connectivity index (χ4v) is 5.49. The summed E-state index contributed by atoms with van der Waals surface area (Å²) >= 11 is 5.59. The molecule has 2 nitrogen and oxygen atoms in total. The molecule has 0 saturated carbocycles. The highest BCUT2D eigenvalue weighted by Crippen LogP contribution is 2.35. The van der Waals surface area contributed by atoms with E-state index in [4.69, 9.17) is 0 Å². The normalized spacial score (nSPS) is 18.3. The van der Waals surface area contributed by atoms with Crippen LogP contribution in [0.3, 0.4) is 0 Å². The highest BCUT2D eigenvalue weighted by Gasteiger charge is 2.41. The first-order chi connectivity index (χ1) is 10.2. The van der Waals surface area contributed by atoms with Gasteiger partial charge in [-0.1, -0.05) is 20.8 Å². The Labute approximate surface area is 142 Å². The highest BCUT2D eigenvalue weighted by atomic mass is 79.9. The molecule has 0 bridgehead atoms. The molecule has 1 N–H and O–H groups in total. The summed E-state index contributed by atoms with van der Waals surface area (Å²) in [6, 6.07) is 2.71. The largest absolute Gasteiger partial charge is 0.312 e. The lowest BCUT2D eigenvalue weighted by Crippen LogP contribution is -2.60. The van der Waals surface area contributed by atoms with Crippen LogP contribution in [0.5, 0.6) is 0 Å². The Bertz CT molecular complexity index is 422. The van der Waals surface area contributed by atoms with Crippen molar-refractivity contribution in [3.8, 4) is 0 Å². The number of halogens is 1. The molecule has 1 aromatic heterocycles. The molecule has 1 aliphatic heterocycles. The molecule has 1 aliphatic rings. The van der Waals surface area contributed by atoms with Crippen molar-refractivity contribution in [1.29, 1.82) is 0 Å². The van der Waals surface area contributed by atoms with Gasteiger partial charge in [-0.2, -0.15) is 0 Å². The molecule has 21 heavy (non-hydrogen) atoms. The van der Waals surface area contributed by atoms with Gasteiger partial charge in [0.2, 0.25) is 0 Å². The Balaban J connectivity index is 2.25. The van der Waals surface area contributed by atoms with Crippen LogP contribution >= 0.6 is 27.3 Å². The summed E-state index contributed by atoms with van der Waals surface area (Å²) in [5.41, 5.74) is 0.302. The van der Waals surface area contributed by atoms with Crippen LogP contribution in [0.4, 0.5) is 0 Å². The summed E-state index contributed by atoms with van der Waals surface area (Å²) in [5.74, 6) is 0. The summed E-state index contributed by atoms with van der Waals surface area (Å²) in [4.78, 5) is 4.24. The van der Waals surface area contributed by atoms with Crippen LogP contribution in [0.25, 0.3) is 0 Å². The lowest BCUT2D eigenvalue weighted by atomic mass is 9.80. The third-order valence-electron chi connectivity index (χ3n) is 5.14. The van der Waals surface area contributed by atoms with E-state index in [1.54, 1.807) is 0 Å². The maximum absolute atomic E-state index is 3.81. The number of nitrogens with one attached hydrogen (secondary N) is 1. The van der Waals surface area contributed by atoms with Crippen LogP contribution in [0.15, 0.2) is 15.9 Å². The maximum atomic E-state index is 3.81. The van der Waals surface area contributed by atoms with Crippen LogP contribution in [0, 0.1) is 0 Å². The van der Waals surface area contributed by atoms with Crippen molar-refractivity contribution in [2.24, 2.45) is 0 Å². The quantitative estimate of drug-likeness (QED) is 0.711. The standard InChI is InChI=1S/C17H29BrN2S/c1-4-17(5-2,20-10-7-8-11-20)16(19-6-3)13-15-14(18)9-12-21-15/h9,12,16,19H,4-8,10-11,13H2,1-3H3. The fraction of sp³-hybridized carbons (Fsp3) is 0.765. The van der Waals surface area contributed by atoms with E-state index in [0.717, 1.165) is 13.0 Å². The minimum absolute atomic E-state index is 0.302. The van der Waals surface area contributed by atoms with Crippen molar-refractivity contribution < 1.29 is 0 Å². The fourth-order valence-electron chi connectivity index (χ4n) is 3.93. The molecule has 4 heteroatoms. The molecular weight excluding hydrogens is 344 g/mol. The van der Waals surface area contributed by atoms with Gasteiger partial charge >= 0.3 is 0 Å². The van der Waals surface area contributed by atoms with Gasteiger partial charge in [0.1, 0.15) is 0 Å². The zero-order chi connectivity index (χ0) is 15.3. The molecule has 1 fully saturated rings. The lowest BCUT2D eigenvalue weighted by Gasteiger charge is -2.47. The van der Waals surface area contributed by atoms with E-state index in [1.165, 1.54) is 48.1 Å². The molecule has 0 aliphatic carbocycles. The van der Waals surface area contributed by atoms with Gasteiger partial charge in [-0.15, -0.1) is 11.3 Å². The number of thiophene rings is 1. The first-order valence-corrected chi connectivity index (χ1v) is 10.1. The monoisotopic (exact) mass is 372 g/mol. The van der Waals surface area contributed by atoms with Crippen LogP contribution in [-0.4, -0.2) is 36.1 Å². The second kappa shape index (κ2) is 8.09. The van der Waals surface area contributed by atoms with E-state index >= 15 is 0 Å². The molecule has 1 saturated heterocycles. The van der Waals surface area contributed by atoms with E-state index in [-0.39, 0.29) is 0 Å². The summed E-state index contributed by atoms with van der Waals surface area (Å²) in [5, 5.41) is 6.00. The lowest BCUT2D eigenvalue weighted by molar-refractivity contribution is 0.0629. The van der Waals surface area contributed by atoms with Gasteiger partial charge in [0.05, 0.1) is 0 Å². The molecule has 0 radical (unpaired) electrons. The maximum Gasteiger partial charge on any atom is 0.0360 e. The molecule has 0 spiro atoms. The second-order valence-electron chi connectivity index (χ2n) is 6.01. The molecule has 1 atom stereocenters. The highest BCUT2D eigenvalue weighted by molar-refractivity contribution is 9.10. The van der Waals surface area contributed by atoms with Crippen molar-refractivity contribution in [2.75, 3.05) is 19.6 Å². The third kappa shape index (κ3) is 3.72. The van der Waals surface area contributed by atoms with E-state index in [0.29, 0.717) is 11.6 Å². The van der Waals surface area contributed by atoms with Gasteiger partial charge in [-0.25, -0.2) is 0 Å². The first kappa shape index (κ1) is 17.5. The number of nitrogens with zero attached hydrogens (tertiary/aromatic N) is 1. The number of rotatable bonds is 8. The molecule has 1 unspecified atom stereocenters. The SMILES string of the molecule is CCNC(Cc1sccc1Br)C(CC)(CC)N1CCCC1. The minimum atomic E-state index is 0.302. The second-order valence-corrected chi connectivity index (χ2v) is 7.87. The van der Waals surface area contributed by atoms with Crippen LogP contribution in [0.2, 0.25) is 0 Å². The molecule has 0 aromatic carbocycles. The van der Waals surface area contributed by atoms with E-state index < -0.39 is 0 Å². The van der Waals surface area contributed by atoms with Crippen LogP contribution in [-0.2, 0) is 6.42 Å². The average molecular weight is 373 g/mol. The number of hydrogen-bond acceptors (Lipinski definition) is 3. The average Bonchev–Trinajstić information content (AvgIpc) is 3.14. The van der Waals surface area contributed by atoms with Gasteiger partial charge in [-0.05, 0) is 72.7 Å². The van der Waals surface area contributed by atoms with Gasteiger partial charge in [0, 0.05) is 27.4 Å². The molecule has 1 aromatic rings. The zero-order valence-electron chi connectivity index (χ0n) is 13.6. The van der Waals surface area contributed by atoms with E-state index in [1.807, 2.05) is 11.3 Å². The van der Waals surface area contributed by atoms with Crippen molar-refractivity contribution >= 4 is 27.3 Å².